The maximum absolute atomic E-state index is 12.7. The molecule has 2 heterocycles. The van der Waals surface area contributed by atoms with Crippen LogP contribution in [0.2, 0.25) is 0 Å². The van der Waals surface area contributed by atoms with E-state index >= 15 is 0 Å². The highest BCUT2D eigenvalue weighted by molar-refractivity contribution is 7.11. The Morgan fingerprint density at radius 3 is 2.84 bits per heavy atom. The zero-order valence-corrected chi connectivity index (χ0v) is 15.3. The Labute approximate surface area is 151 Å². The smallest absolute Gasteiger partial charge is 0.335 e. The van der Waals surface area contributed by atoms with Gasteiger partial charge in [-0.25, -0.2) is 9.78 Å². The second-order valence-electron chi connectivity index (χ2n) is 6.53. The van der Waals surface area contributed by atoms with Gasteiger partial charge in [-0.05, 0) is 44.4 Å². The lowest BCUT2D eigenvalue weighted by Gasteiger charge is -2.33. The van der Waals surface area contributed by atoms with Crippen molar-refractivity contribution in [3.05, 3.63) is 51.0 Å². The lowest BCUT2D eigenvalue weighted by molar-refractivity contribution is -0.131. The summed E-state index contributed by atoms with van der Waals surface area (Å²) in [6.07, 6.45) is 2.32. The molecule has 1 fully saturated rings. The minimum atomic E-state index is -0.915. The molecular formula is C19H22N2O3S. The third-order valence-corrected chi connectivity index (χ3v) is 5.76. The van der Waals surface area contributed by atoms with Gasteiger partial charge in [-0.1, -0.05) is 12.1 Å². The number of aromatic carboxylic acids is 1. The second-order valence-corrected chi connectivity index (χ2v) is 7.82. The van der Waals surface area contributed by atoms with E-state index in [4.69, 9.17) is 0 Å². The van der Waals surface area contributed by atoms with Gasteiger partial charge in [0.05, 0.1) is 22.7 Å². The summed E-state index contributed by atoms with van der Waals surface area (Å²) in [7, 11) is 0. The fourth-order valence-corrected chi connectivity index (χ4v) is 4.32. The van der Waals surface area contributed by atoms with Gasteiger partial charge in [0.1, 0.15) is 0 Å². The largest absolute Gasteiger partial charge is 0.478 e. The highest BCUT2D eigenvalue weighted by atomic mass is 32.1. The molecule has 132 valence electrons. The predicted molar refractivity (Wildman–Crippen MR) is 97.2 cm³/mol. The highest BCUT2D eigenvalue weighted by Crippen LogP contribution is 2.28. The van der Waals surface area contributed by atoms with Crippen LogP contribution in [0.25, 0.3) is 0 Å². The molecule has 6 heteroatoms. The summed E-state index contributed by atoms with van der Waals surface area (Å²) in [5, 5.41) is 10.2. The molecule has 1 aliphatic rings. The van der Waals surface area contributed by atoms with Gasteiger partial charge >= 0.3 is 5.97 Å². The van der Waals surface area contributed by atoms with Crippen molar-refractivity contribution in [2.75, 3.05) is 13.1 Å². The number of likely N-dealkylation sites (tertiary alicyclic amines) is 1. The van der Waals surface area contributed by atoms with Crippen molar-refractivity contribution in [1.29, 1.82) is 0 Å². The zero-order valence-electron chi connectivity index (χ0n) is 14.5. The van der Waals surface area contributed by atoms with Crippen LogP contribution in [-0.2, 0) is 11.2 Å². The van der Waals surface area contributed by atoms with E-state index in [0.717, 1.165) is 40.5 Å². The molecule has 0 spiro atoms. The fourth-order valence-electron chi connectivity index (χ4n) is 3.39. The van der Waals surface area contributed by atoms with Gasteiger partial charge in [-0.3, -0.25) is 4.79 Å². The third-order valence-electron chi connectivity index (χ3n) is 4.69. The third kappa shape index (κ3) is 4.07. The van der Waals surface area contributed by atoms with E-state index in [9.17, 15) is 14.7 Å². The first kappa shape index (κ1) is 17.6. The van der Waals surface area contributed by atoms with Crippen LogP contribution in [0.15, 0.2) is 24.3 Å². The van der Waals surface area contributed by atoms with Crippen molar-refractivity contribution < 1.29 is 14.7 Å². The molecule has 5 nitrogen and oxygen atoms in total. The average Bonchev–Trinajstić information content (AvgIpc) is 2.92. The van der Waals surface area contributed by atoms with Crippen molar-refractivity contribution in [3.63, 3.8) is 0 Å². The van der Waals surface area contributed by atoms with Gasteiger partial charge in [0.25, 0.3) is 0 Å². The van der Waals surface area contributed by atoms with Crippen molar-refractivity contribution in [2.24, 2.45) is 0 Å². The number of aryl methyl sites for hydroxylation is 2. The lowest BCUT2D eigenvalue weighted by Crippen LogP contribution is -2.40. The van der Waals surface area contributed by atoms with Crippen LogP contribution >= 0.6 is 11.3 Å². The number of carboxylic acids is 1. The molecule has 1 saturated heterocycles. The number of rotatable bonds is 4. The average molecular weight is 358 g/mol. The molecule has 0 bridgehead atoms. The first-order chi connectivity index (χ1) is 11.9. The van der Waals surface area contributed by atoms with Crippen molar-refractivity contribution in [3.8, 4) is 0 Å². The van der Waals surface area contributed by atoms with Gasteiger partial charge < -0.3 is 10.0 Å². The summed E-state index contributed by atoms with van der Waals surface area (Å²) in [6, 6.07) is 7.08. The SMILES string of the molecule is Cc1nc(C)c(CC(=O)N2CCC[C@@H](c3cccc(C(=O)O)c3)C2)s1. The van der Waals surface area contributed by atoms with Gasteiger partial charge in [0.2, 0.25) is 5.91 Å². The van der Waals surface area contributed by atoms with Crippen LogP contribution in [0.1, 0.15) is 50.3 Å². The Balaban J connectivity index is 1.70. The molecule has 0 saturated carbocycles. The molecule has 0 radical (unpaired) electrons. The van der Waals surface area contributed by atoms with E-state index in [0.29, 0.717) is 18.5 Å². The summed E-state index contributed by atoms with van der Waals surface area (Å²) >= 11 is 1.59. The molecule has 0 unspecified atom stereocenters. The Morgan fingerprint density at radius 1 is 1.36 bits per heavy atom. The van der Waals surface area contributed by atoms with E-state index in [1.165, 1.54) is 0 Å². The molecule has 1 amide bonds. The number of amides is 1. The van der Waals surface area contributed by atoms with Crippen LogP contribution in [0, 0.1) is 13.8 Å². The predicted octanol–water partition coefficient (Wildman–Crippen LogP) is 3.41. The van der Waals surface area contributed by atoms with E-state index < -0.39 is 5.97 Å². The van der Waals surface area contributed by atoms with Gasteiger partial charge in [0, 0.05) is 23.9 Å². The standard InChI is InChI=1S/C19H22N2O3S/c1-12-17(25-13(2)20-12)10-18(22)21-8-4-7-16(11-21)14-5-3-6-15(9-14)19(23)24/h3,5-6,9,16H,4,7-8,10-11H2,1-2H3,(H,23,24)/t16-/m1/s1. The number of piperidine rings is 1. The van der Waals surface area contributed by atoms with Crippen LogP contribution in [0.3, 0.4) is 0 Å². The number of carbonyl (C=O) groups excluding carboxylic acids is 1. The van der Waals surface area contributed by atoms with Crippen molar-refractivity contribution in [2.45, 2.75) is 39.0 Å². The second kappa shape index (κ2) is 7.35. The number of benzene rings is 1. The number of carboxylic acid groups (broad SMARTS) is 1. The quantitative estimate of drug-likeness (QED) is 0.909. The van der Waals surface area contributed by atoms with E-state index in [2.05, 4.69) is 4.98 Å². The van der Waals surface area contributed by atoms with Gasteiger partial charge in [-0.15, -0.1) is 11.3 Å². The Morgan fingerprint density at radius 2 is 2.16 bits per heavy atom. The summed E-state index contributed by atoms with van der Waals surface area (Å²) in [4.78, 5) is 31.2. The number of thiazole rings is 1. The van der Waals surface area contributed by atoms with Crippen LogP contribution in [-0.4, -0.2) is 40.0 Å². The van der Waals surface area contributed by atoms with Crippen LogP contribution < -0.4 is 0 Å². The number of carbonyl (C=O) groups is 2. The first-order valence-electron chi connectivity index (χ1n) is 8.48. The number of nitrogens with zero attached hydrogens (tertiary/aromatic N) is 2. The van der Waals surface area contributed by atoms with Gasteiger partial charge in [-0.2, -0.15) is 0 Å². The summed E-state index contributed by atoms with van der Waals surface area (Å²) < 4.78 is 0. The van der Waals surface area contributed by atoms with Crippen molar-refractivity contribution in [1.82, 2.24) is 9.88 Å². The molecule has 3 rings (SSSR count). The minimum Gasteiger partial charge on any atom is -0.478 e. The van der Waals surface area contributed by atoms with E-state index in [1.54, 1.807) is 29.5 Å². The molecule has 1 atom stereocenters. The summed E-state index contributed by atoms with van der Waals surface area (Å²) in [6.45, 7) is 5.32. The monoisotopic (exact) mass is 358 g/mol. The minimum absolute atomic E-state index is 0.130. The summed E-state index contributed by atoms with van der Waals surface area (Å²) in [5.74, 6) is -0.589. The fraction of sp³-hybridized carbons (Fsp3) is 0.421. The molecule has 1 aromatic heterocycles. The molecule has 1 aromatic carbocycles. The highest BCUT2D eigenvalue weighted by Gasteiger charge is 2.26. The Kier molecular flexibility index (Phi) is 5.18. The molecule has 1 aliphatic heterocycles. The lowest BCUT2D eigenvalue weighted by atomic mass is 9.89. The van der Waals surface area contributed by atoms with Gasteiger partial charge in [0.15, 0.2) is 0 Å². The topological polar surface area (TPSA) is 70.5 Å². The number of hydrogen-bond acceptors (Lipinski definition) is 4. The zero-order chi connectivity index (χ0) is 18.0. The first-order valence-corrected chi connectivity index (χ1v) is 9.29. The number of aromatic nitrogens is 1. The van der Waals surface area contributed by atoms with E-state index in [1.807, 2.05) is 24.8 Å². The van der Waals surface area contributed by atoms with Crippen LogP contribution in [0.4, 0.5) is 0 Å². The molecule has 25 heavy (non-hydrogen) atoms. The van der Waals surface area contributed by atoms with Crippen molar-refractivity contribution >= 4 is 23.2 Å². The molecule has 1 N–H and O–H groups in total. The Hall–Kier alpha value is -2.21. The molecular weight excluding hydrogens is 336 g/mol. The molecule has 2 aromatic rings. The number of hydrogen-bond donors (Lipinski definition) is 1. The maximum atomic E-state index is 12.7. The molecule has 0 aliphatic carbocycles. The normalized spacial score (nSPS) is 17.5. The van der Waals surface area contributed by atoms with Crippen LogP contribution in [0.5, 0.6) is 0 Å². The Bertz CT molecular complexity index is 800. The summed E-state index contributed by atoms with van der Waals surface area (Å²) in [5.41, 5.74) is 2.25. The maximum Gasteiger partial charge on any atom is 0.335 e. The van der Waals surface area contributed by atoms with E-state index in [-0.39, 0.29) is 11.8 Å².